The summed E-state index contributed by atoms with van der Waals surface area (Å²) in [7, 11) is 0. The standard InChI is InChI=1S/C17H18FNOS/c1-3-21-16-7-5-4-6-15(16)17(20)19-12(2)13-8-10-14(18)11-9-13/h4-12H,3H2,1-2H3,(H,19,20). The van der Waals surface area contributed by atoms with Crippen molar-refractivity contribution in [3.8, 4) is 0 Å². The molecule has 0 heterocycles. The average molecular weight is 303 g/mol. The van der Waals surface area contributed by atoms with Crippen LogP contribution in [0, 0.1) is 5.82 Å². The highest BCUT2D eigenvalue weighted by Crippen LogP contribution is 2.23. The molecular weight excluding hydrogens is 285 g/mol. The molecule has 0 aliphatic heterocycles. The Hall–Kier alpha value is -1.81. The van der Waals surface area contributed by atoms with Crippen LogP contribution in [-0.2, 0) is 0 Å². The van der Waals surface area contributed by atoms with E-state index in [1.165, 1.54) is 12.1 Å². The van der Waals surface area contributed by atoms with E-state index in [2.05, 4.69) is 12.2 Å². The van der Waals surface area contributed by atoms with Crippen LogP contribution in [0.2, 0.25) is 0 Å². The van der Waals surface area contributed by atoms with E-state index in [1.807, 2.05) is 31.2 Å². The van der Waals surface area contributed by atoms with Gasteiger partial charge in [-0.25, -0.2) is 4.39 Å². The third-order valence-electron chi connectivity index (χ3n) is 3.15. The van der Waals surface area contributed by atoms with Gasteiger partial charge in [-0.2, -0.15) is 0 Å². The van der Waals surface area contributed by atoms with Crippen LogP contribution in [0.5, 0.6) is 0 Å². The van der Waals surface area contributed by atoms with E-state index in [0.717, 1.165) is 16.2 Å². The van der Waals surface area contributed by atoms with Gasteiger partial charge in [-0.05, 0) is 42.5 Å². The van der Waals surface area contributed by atoms with E-state index in [1.54, 1.807) is 23.9 Å². The average Bonchev–Trinajstić information content (AvgIpc) is 2.48. The molecule has 2 nitrogen and oxygen atoms in total. The number of amides is 1. The quantitative estimate of drug-likeness (QED) is 0.828. The minimum atomic E-state index is -0.276. The monoisotopic (exact) mass is 303 g/mol. The normalized spacial score (nSPS) is 12.0. The molecule has 1 atom stereocenters. The smallest absolute Gasteiger partial charge is 0.252 e. The topological polar surface area (TPSA) is 29.1 Å². The van der Waals surface area contributed by atoms with Crippen LogP contribution in [-0.4, -0.2) is 11.7 Å². The number of hydrogen-bond acceptors (Lipinski definition) is 2. The first-order valence-electron chi connectivity index (χ1n) is 6.90. The molecule has 0 aromatic heterocycles. The molecule has 2 aromatic rings. The first-order valence-corrected chi connectivity index (χ1v) is 7.88. The summed E-state index contributed by atoms with van der Waals surface area (Å²) in [5.74, 6) is 0.531. The van der Waals surface area contributed by atoms with Gasteiger partial charge in [0, 0.05) is 4.90 Å². The highest BCUT2D eigenvalue weighted by molar-refractivity contribution is 7.99. The Balaban J connectivity index is 2.12. The number of halogens is 1. The van der Waals surface area contributed by atoms with Gasteiger partial charge in [0.2, 0.25) is 0 Å². The van der Waals surface area contributed by atoms with Crippen molar-refractivity contribution in [3.63, 3.8) is 0 Å². The molecule has 0 spiro atoms. The zero-order chi connectivity index (χ0) is 15.2. The lowest BCUT2D eigenvalue weighted by Gasteiger charge is -2.15. The fourth-order valence-electron chi connectivity index (χ4n) is 2.04. The van der Waals surface area contributed by atoms with Crippen LogP contribution in [0.4, 0.5) is 4.39 Å². The molecule has 21 heavy (non-hydrogen) atoms. The molecule has 0 fully saturated rings. The molecule has 0 saturated heterocycles. The number of nitrogens with one attached hydrogen (secondary N) is 1. The maximum atomic E-state index is 12.9. The maximum absolute atomic E-state index is 12.9. The molecule has 1 amide bonds. The second-order valence-corrected chi connectivity index (χ2v) is 5.98. The Labute approximate surface area is 128 Å². The van der Waals surface area contributed by atoms with Crippen molar-refractivity contribution in [2.24, 2.45) is 0 Å². The summed E-state index contributed by atoms with van der Waals surface area (Å²) in [5.41, 5.74) is 1.56. The Kier molecular flexibility index (Phi) is 5.39. The predicted octanol–water partition coefficient (Wildman–Crippen LogP) is 4.43. The lowest BCUT2D eigenvalue weighted by atomic mass is 10.1. The van der Waals surface area contributed by atoms with Crippen molar-refractivity contribution in [3.05, 3.63) is 65.5 Å². The van der Waals surface area contributed by atoms with Crippen molar-refractivity contribution in [2.45, 2.75) is 24.8 Å². The third kappa shape index (κ3) is 4.08. The minimum absolute atomic E-state index is 0.108. The summed E-state index contributed by atoms with van der Waals surface area (Å²) in [6.45, 7) is 3.95. The minimum Gasteiger partial charge on any atom is -0.345 e. The second-order valence-electron chi connectivity index (χ2n) is 4.68. The van der Waals surface area contributed by atoms with Gasteiger partial charge in [0.25, 0.3) is 5.91 Å². The number of carbonyl (C=O) groups is 1. The Morgan fingerprint density at radius 1 is 1.19 bits per heavy atom. The summed E-state index contributed by atoms with van der Waals surface area (Å²) in [6, 6.07) is 13.6. The van der Waals surface area contributed by atoms with Crippen LogP contribution in [0.15, 0.2) is 53.4 Å². The Bertz CT molecular complexity index is 612. The van der Waals surface area contributed by atoms with Gasteiger partial charge in [0.05, 0.1) is 11.6 Å². The summed E-state index contributed by atoms with van der Waals surface area (Å²) in [4.78, 5) is 13.4. The van der Waals surface area contributed by atoms with E-state index < -0.39 is 0 Å². The van der Waals surface area contributed by atoms with Crippen LogP contribution in [0.25, 0.3) is 0 Å². The van der Waals surface area contributed by atoms with Crippen molar-refractivity contribution >= 4 is 17.7 Å². The third-order valence-corrected chi connectivity index (χ3v) is 4.10. The number of benzene rings is 2. The molecule has 2 aromatic carbocycles. The van der Waals surface area contributed by atoms with E-state index in [4.69, 9.17) is 0 Å². The Morgan fingerprint density at radius 2 is 1.86 bits per heavy atom. The lowest BCUT2D eigenvalue weighted by Crippen LogP contribution is -2.27. The molecule has 0 radical (unpaired) electrons. The second kappa shape index (κ2) is 7.27. The highest BCUT2D eigenvalue weighted by atomic mass is 32.2. The molecule has 0 aliphatic carbocycles. The van der Waals surface area contributed by atoms with E-state index in [9.17, 15) is 9.18 Å². The van der Waals surface area contributed by atoms with Crippen molar-refractivity contribution in [1.29, 1.82) is 0 Å². The van der Waals surface area contributed by atoms with Crippen LogP contribution in [0.1, 0.15) is 35.8 Å². The molecular formula is C17H18FNOS. The molecule has 2 rings (SSSR count). The Morgan fingerprint density at radius 3 is 2.52 bits per heavy atom. The molecule has 1 N–H and O–H groups in total. The predicted molar refractivity (Wildman–Crippen MR) is 85.1 cm³/mol. The molecule has 0 bridgehead atoms. The maximum Gasteiger partial charge on any atom is 0.252 e. The van der Waals surface area contributed by atoms with Gasteiger partial charge in [-0.3, -0.25) is 4.79 Å². The SMILES string of the molecule is CCSc1ccccc1C(=O)NC(C)c1ccc(F)cc1. The van der Waals surface area contributed by atoms with Gasteiger partial charge in [0.1, 0.15) is 5.82 Å². The van der Waals surface area contributed by atoms with Crippen LogP contribution >= 0.6 is 11.8 Å². The lowest BCUT2D eigenvalue weighted by molar-refractivity contribution is 0.0937. The van der Waals surface area contributed by atoms with Gasteiger partial charge in [0.15, 0.2) is 0 Å². The first kappa shape index (κ1) is 15.6. The van der Waals surface area contributed by atoms with Crippen molar-refractivity contribution in [2.75, 3.05) is 5.75 Å². The van der Waals surface area contributed by atoms with Gasteiger partial charge in [-0.15, -0.1) is 11.8 Å². The summed E-state index contributed by atoms with van der Waals surface area (Å²) in [5, 5.41) is 2.96. The molecule has 4 heteroatoms. The molecule has 110 valence electrons. The molecule has 0 aliphatic rings. The van der Waals surface area contributed by atoms with Crippen molar-refractivity contribution < 1.29 is 9.18 Å². The highest BCUT2D eigenvalue weighted by Gasteiger charge is 2.14. The molecule has 1 unspecified atom stereocenters. The van der Waals surface area contributed by atoms with Gasteiger partial charge in [-0.1, -0.05) is 31.2 Å². The fraction of sp³-hybridized carbons (Fsp3) is 0.235. The van der Waals surface area contributed by atoms with E-state index >= 15 is 0 Å². The summed E-state index contributed by atoms with van der Waals surface area (Å²) >= 11 is 1.64. The number of carbonyl (C=O) groups excluding carboxylic acids is 1. The summed E-state index contributed by atoms with van der Waals surface area (Å²) < 4.78 is 12.9. The number of hydrogen-bond donors (Lipinski definition) is 1. The van der Waals surface area contributed by atoms with Gasteiger partial charge >= 0.3 is 0 Å². The van der Waals surface area contributed by atoms with Gasteiger partial charge < -0.3 is 5.32 Å². The zero-order valence-corrected chi connectivity index (χ0v) is 12.9. The van der Waals surface area contributed by atoms with E-state index in [0.29, 0.717) is 5.56 Å². The fourth-order valence-corrected chi connectivity index (χ4v) is 2.85. The number of rotatable bonds is 5. The van der Waals surface area contributed by atoms with Crippen LogP contribution in [0.3, 0.4) is 0 Å². The van der Waals surface area contributed by atoms with E-state index in [-0.39, 0.29) is 17.8 Å². The zero-order valence-electron chi connectivity index (χ0n) is 12.1. The van der Waals surface area contributed by atoms with Crippen LogP contribution < -0.4 is 5.32 Å². The molecule has 0 saturated carbocycles. The largest absolute Gasteiger partial charge is 0.345 e. The summed E-state index contributed by atoms with van der Waals surface area (Å²) in [6.07, 6.45) is 0. The first-order chi connectivity index (χ1) is 10.1. The number of thioether (sulfide) groups is 1. The van der Waals surface area contributed by atoms with Crippen molar-refractivity contribution in [1.82, 2.24) is 5.32 Å².